The molecular weight excluding hydrogens is 499 g/mol. The van der Waals surface area contributed by atoms with Gasteiger partial charge in [-0.1, -0.05) is 37.3 Å². The van der Waals surface area contributed by atoms with Crippen LogP contribution in [0.2, 0.25) is 0 Å². The zero-order chi connectivity index (χ0) is 27.4. The minimum absolute atomic E-state index is 0.0395. The second kappa shape index (κ2) is 11.7. The fourth-order valence-electron chi connectivity index (χ4n) is 5.03. The molecule has 1 aliphatic rings. The first-order valence-corrected chi connectivity index (χ1v) is 13.0. The van der Waals surface area contributed by atoms with E-state index in [2.05, 4.69) is 11.9 Å². The molecular formula is C31H31FN2O5. The highest BCUT2D eigenvalue weighted by Gasteiger charge is 2.37. The molecule has 0 bridgehead atoms. The molecule has 202 valence electrons. The van der Waals surface area contributed by atoms with E-state index in [9.17, 15) is 4.79 Å². The Bertz CT molecular complexity index is 1460. The summed E-state index contributed by atoms with van der Waals surface area (Å²) in [6.45, 7) is 3.11. The molecule has 7 nitrogen and oxygen atoms in total. The smallest absolute Gasteiger partial charge is 0.227 e. The number of hydrogen-bond acceptors (Lipinski definition) is 6. The van der Waals surface area contributed by atoms with Crippen molar-refractivity contribution in [3.8, 4) is 23.0 Å². The van der Waals surface area contributed by atoms with Crippen molar-refractivity contribution in [2.45, 2.75) is 25.9 Å². The molecule has 2 heterocycles. The first-order chi connectivity index (χ1) is 19.0. The molecule has 1 aliphatic heterocycles. The fourth-order valence-corrected chi connectivity index (χ4v) is 5.03. The molecule has 39 heavy (non-hydrogen) atoms. The van der Waals surface area contributed by atoms with Gasteiger partial charge in [-0.25, -0.2) is 4.39 Å². The van der Waals surface area contributed by atoms with E-state index in [0.29, 0.717) is 53.4 Å². The molecule has 0 saturated carbocycles. The van der Waals surface area contributed by atoms with Crippen LogP contribution in [0.3, 0.4) is 0 Å². The lowest BCUT2D eigenvalue weighted by molar-refractivity contribution is -0.117. The van der Waals surface area contributed by atoms with Gasteiger partial charge < -0.3 is 23.8 Å². The van der Waals surface area contributed by atoms with Gasteiger partial charge in [-0.05, 0) is 42.3 Å². The van der Waals surface area contributed by atoms with Gasteiger partial charge in [0.2, 0.25) is 5.91 Å². The zero-order valence-corrected chi connectivity index (χ0v) is 22.2. The lowest BCUT2D eigenvalue weighted by Crippen LogP contribution is -2.26. The number of carbonyl (C=O) groups is 1. The predicted molar refractivity (Wildman–Crippen MR) is 147 cm³/mol. The summed E-state index contributed by atoms with van der Waals surface area (Å²) in [6.07, 6.45) is 2.58. The number of benzene rings is 3. The van der Waals surface area contributed by atoms with Crippen LogP contribution in [0.15, 0.2) is 72.9 Å². The average Bonchev–Trinajstić information content (AvgIpc) is 3.35. The number of aromatic nitrogens is 1. The van der Waals surface area contributed by atoms with E-state index in [1.807, 2.05) is 30.3 Å². The summed E-state index contributed by atoms with van der Waals surface area (Å²) in [5, 5.41) is 0.648. The van der Waals surface area contributed by atoms with Crippen molar-refractivity contribution >= 4 is 22.5 Å². The monoisotopic (exact) mass is 530 g/mol. The summed E-state index contributed by atoms with van der Waals surface area (Å²) in [6, 6.07) is 19.7. The molecule has 8 heteroatoms. The topological polar surface area (TPSA) is 70.1 Å². The number of anilines is 1. The van der Waals surface area contributed by atoms with Crippen LogP contribution in [0.25, 0.3) is 10.9 Å². The van der Waals surface area contributed by atoms with E-state index < -0.39 is 5.82 Å². The summed E-state index contributed by atoms with van der Waals surface area (Å²) < 4.78 is 38.3. The summed E-state index contributed by atoms with van der Waals surface area (Å²) >= 11 is 0. The number of halogens is 1. The molecule has 1 saturated heterocycles. The lowest BCUT2D eigenvalue weighted by atomic mass is 9.94. The van der Waals surface area contributed by atoms with Gasteiger partial charge in [-0.2, -0.15) is 0 Å². The third kappa shape index (κ3) is 5.38. The van der Waals surface area contributed by atoms with Crippen molar-refractivity contribution in [2.75, 3.05) is 32.3 Å². The molecule has 1 amide bonds. The molecule has 1 aromatic heterocycles. The number of hydrogen-bond donors (Lipinski definition) is 0. The van der Waals surface area contributed by atoms with Crippen LogP contribution >= 0.6 is 0 Å². The molecule has 0 aliphatic carbocycles. The number of amides is 1. The molecule has 3 aromatic carbocycles. The molecule has 0 N–H and O–H groups in total. The van der Waals surface area contributed by atoms with Crippen LogP contribution in [0.1, 0.15) is 31.4 Å². The van der Waals surface area contributed by atoms with Crippen molar-refractivity contribution in [1.29, 1.82) is 0 Å². The van der Waals surface area contributed by atoms with Gasteiger partial charge in [0, 0.05) is 48.8 Å². The Morgan fingerprint density at radius 1 is 1.00 bits per heavy atom. The van der Waals surface area contributed by atoms with E-state index in [0.717, 1.165) is 12.0 Å². The second-order valence-corrected chi connectivity index (χ2v) is 9.39. The SMILES string of the molecule is CCCOC(c1ccccc1)C1CC(=O)N(c2ccc(Oc3ccnc4c(OC)c(OC)ccc34)c(F)c2)C1. The highest BCUT2D eigenvalue weighted by atomic mass is 19.1. The molecule has 1 fully saturated rings. The Balaban J connectivity index is 1.37. The predicted octanol–water partition coefficient (Wildman–Crippen LogP) is 6.70. The normalized spacial score (nSPS) is 15.9. The molecule has 4 aromatic rings. The van der Waals surface area contributed by atoms with Gasteiger partial charge >= 0.3 is 0 Å². The van der Waals surface area contributed by atoms with Gasteiger partial charge in [0.1, 0.15) is 11.3 Å². The summed E-state index contributed by atoms with van der Waals surface area (Å²) in [5.74, 6) is 0.789. The van der Waals surface area contributed by atoms with E-state index in [-0.39, 0.29) is 23.7 Å². The average molecular weight is 531 g/mol. The van der Waals surface area contributed by atoms with E-state index in [1.54, 1.807) is 48.5 Å². The highest BCUT2D eigenvalue weighted by molar-refractivity contribution is 5.96. The first-order valence-electron chi connectivity index (χ1n) is 13.0. The van der Waals surface area contributed by atoms with Crippen molar-refractivity contribution in [3.05, 3.63) is 84.3 Å². The number of carbonyl (C=O) groups excluding carboxylic acids is 1. The Kier molecular flexibility index (Phi) is 7.93. The van der Waals surface area contributed by atoms with Gasteiger partial charge in [-0.3, -0.25) is 9.78 Å². The van der Waals surface area contributed by atoms with Gasteiger partial charge in [-0.15, -0.1) is 0 Å². The second-order valence-electron chi connectivity index (χ2n) is 9.39. The minimum Gasteiger partial charge on any atom is -0.493 e. The minimum atomic E-state index is -0.573. The Morgan fingerprint density at radius 2 is 1.79 bits per heavy atom. The maximum Gasteiger partial charge on any atom is 0.227 e. The van der Waals surface area contributed by atoms with Crippen LogP contribution < -0.4 is 19.1 Å². The van der Waals surface area contributed by atoms with E-state index >= 15 is 4.39 Å². The lowest BCUT2D eigenvalue weighted by Gasteiger charge is -2.24. The van der Waals surface area contributed by atoms with E-state index in [4.69, 9.17) is 18.9 Å². The summed E-state index contributed by atoms with van der Waals surface area (Å²) in [4.78, 5) is 19.0. The number of fused-ring (bicyclic) bond motifs is 1. The van der Waals surface area contributed by atoms with Crippen LogP contribution in [0.5, 0.6) is 23.0 Å². The summed E-state index contributed by atoms with van der Waals surface area (Å²) in [7, 11) is 3.08. The van der Waals surface area contributed by atoms with Gasteiger partial charge in [0.05, 0.1) is 20.3 Å². The van der Waals surface area contributed by atoms with Crippen LogP contribution in [0.4, 0.5) is 10.1 Å². The number of methoxy groups -OCH3 is 2. The molecule has 0 radical (unpaired) electrons. The molecule has 0 spiro atoms. The number of rotatable bonds is 10. The Hall–Kier alpha value is -4.17. The van der Waals surface area contributed by atoms with Crippen molar-refractivity contribution in [2.24, 2.45) is 5.92 Å². The number of nitrogens with zero attached hydrogens (tertiary/aromatic N) is 2. The van der Waals surface area contributed by atoms with Gasteiger partial charge in [0.15, 0.2) is 23.1 Å². The van der Waals surface area contributed by atoms with Gasteiger partial charge in [0.25, 0.3) is 0 Å². The quantitative estimate of drug-likeness (QED) is 0.227. The van der Waals surface area contributed by atoms with Crippen LogP contribution in [0, 0.1) is 11.7 Å². The molecule has 2 atom stereocenters. The van der Waals surface area contributed by atoms with Crippen LogP contribution in [-0.4, -0.2) is 38.3 Å². The van der Waals surface area contributed by atoms with Crippen molar-refractivity contribution in [1.82, 2.24) is 4.98 Å². The maximum atomic E-state index is 15.3. The van der Waals surface area contributed by atoms with Crippen LogP contribution in [-0.2, 0) is 9.53 Å². The van der Waals surface area contributed by atoms with Crippen molar-refractivity contribution < 1.29 is 28.1 Å². The third-order valence-corrected chi connectivity index (χ3v) is 6.87. The highest BCUT2D eigenvalue weighted by Crippen LogP contribution is 2.40. The first kappa shape index (κ1) is 26.4. The fraction of sp³-hybridized carbons (Fsp3) is 0.290. The standard InChI is InChI=1S/C31H31FN2O5/c1-4-16-38-30(20-8-6-5-7-9-20)21-17-28(35)34(19-21)22-10-12-26(24(32)18-22)39-25-14-15-33-29-23(25)11-13-27(36-2)31(29)37-3/h5-15,18,21,30H,4,16-17,19H2,1-3H3. The van der Waals surface area contributed by atoms with Crippen molar-refractivity contribution in [3.63, 3.8) is 0 Å². The van der Waals surface area contributed by atoms with E-state index in [1.165, 1.54) is 13.2 Å². The number of ether oxygens (including phenoxy) is 4. The Labute approximate surface area is 227 Å². The molecule has 5 rings (SSSR count). The number of pyridine rings is 1. The third-order valence-electron chi connectivity index (χ3n) is 6.87. The largest absolute Gasteiger partial charge is 0.493 e. The molecule has 2 unspecified atom stereocenters. The zero-order valence-electron chi connectivity index (χ0n) is 22.2. The maximum absolute atomic E-state index is 15.3. The Morgan fingerprint density at radius 3 is 2.51 bits per heavy atom. The summed E-state index contributed by atoms with van der Waals surface area (Å²) in [5.41, 5.74) is 2.07.